The van der Waals surface area contributed by atoms with Gasteiger partial charge in [-0.25, -0.2) is 4.79 Å². The van der Waals surface area contributed by atoms with Crippen molar-refractivity contribution in [2.75, 3.05) is 26.9 Å². The Morgan fingerprint density at radius 2 is 1.79 bits per heavy atom. The molecule has 2 aromatic rings. The normalized spacial score (nSPS) is 10.2. The molecule has 7 heteroatoms. The summed E-state index contributed by atoms with van der Waals surface area (Å²) in [5, 5.41) is 11.6. The molecule has 2 aromatic carbocycles. The van der Waals surface area contributed by atoms with Gasteiger partial charge in [-0.05, 0) is 50.1 Å². The summed E-state index contributed by atoms with van der Waals surface area (Å²) in [6, 6.07) is 10.6. The largest absolute Gasteiger partial charge is 0.496 e. The van der Waals surface area contributed by atoms with Gasteiger partial charge in [0.05, 0.1) is 13.7 Å². The highest BCUT2D eigenvalue weighted by Crippen LogP contribution is 2.28. The van der Waals surface area contributed by atoms with Crippen LogP contribution in [-0.2, 0) is 11.2 Å². The first-order chi connectivity index (χ1) is 13.4. The third kappa shape index (κ3) is 5.90. The molecular formula is C21H25NO6. The lowest BCUT2D eigenvalue weighted by atomic mass is 10.1. The summed E-state index contributed by atoms with van der Waals surface area (Å²) in [5.41, 5.74) is 2.55. The van der Waals surface area contributed by atoms with E-state index in [0.29, 0.717) is 30.9 Å². The fourth-order valence-electron chi connectivity index (χ4n) is 2.69. The van der Waals surface area contributed by atoms with E-state index in [9.17, 15) is 9.59 Å². The smallest absolute Gasteiger partial charge is 0.341 e. The predicted molar refractivity (Wildman–Crippen MR) is 105 cm³/mol. The molecule has 0 atom stereocenters. The summed E-state index contributed by atoms with van der Waals surface area (Å²) in [5.74, 6) is 0.0636. The zero-order valence-corrected chi connectivity index (χ0v) is 16.3. The summed E-state index contributed by atoms with van der Waals surface area (Å²) in [7, 11) is 1.62. The fraction of sp³-hybridized carbons (Fsp3) is 0.333. The number of carboxylic acid groups (broad SMARTS) is 1. The zero-order valence-electron chi connectivity index (χ0n) is 16.3. The van der Waals surface area contributed by atoms with Gasteiger partial charge in [0.15, 0.2) is 18.1 Å². The van der Waals surface area contributed by atoms with Gasteiger partial charge >= 0.3 is 5.97 Å². The monoisotopic (exact) mass is 387 g/mol. The van der Waals surface area contributed by atoms with Gasteiger partial charge in [0.2, 0.25) is 0 Å². The Morgan fingerprint density at radius 1 is 1.04 bits per heavy atom. The number of methoxy groups -OCH3 is 1. The highest BCUT2D eigenvalue weighted by molar-refractivity contribution is 5.94. The molecule has 0 spiro atoms. The van der Waals surface area contributed by atoms with E-state index in [4.69, 9.17) is 19.3 Å². The second-order valence-corrected chi connectivity index (χ2v) is 6.10. The minimum Gasteiger partial charge on any atom is -0.496 e. The van der Waals surface area contributed by atoms with E-state index in [2.05, 4.69) is 5.32 Å². The molecule has 150 valence electrons. The van der Waals surface area contributed by atoms with Crippen molar-refractivity contribution in [1.29, 1.82) is 0 Å². The van der Waals surface area contributed by atoms with Gasteiger partial charge in [-0.2, -0.15) is 0 Å². The summed E-state index contributed by atoms with van der Waals surface area (Å²) in [6.07, 6.45) is 0.634. The van der Waals surface area contributed by atoms with E-state index in [1.807, 2.05) is 25.1 Å². The van der Waals surface area contributed by atoms with Crippen LogP contribution in [-0.4, -0.2) is 43.9 Å². The Kier molecular flexibility index (Phi) is 7.68. The highest BCUT2D eigenvalue weighted by atomic mass is 16.5. The molecule has 2 rings (SSSR count). The van der Waals surface area contributed by atoms with Crippen LogP contribution in [0.1, 0.15) is 28.4 Å². The van der Waals surface area contributed by atoms with Crippen LogP contribution in [0.3, 0.4) is 0 Å². The van der Waals surface area contributed by atoms with Crippen LogP contribution >= 0.6 is 0 Å². The topological polar surface area (TPSA) is 94.1 Å². The summed E-state index contributed by atoms with van der Waals surface area (Å²) >= 11 is 0. The number of carboxylic acids is 1. The third-order valence-corrected chi connectivity index (χ3v) is 3.97. The van der Waals surface area contributed by atoms with Crippen molar-refractivity contribution in [3.63, 3.8) is 0 Å². The van der Waals surface area contributed by atoms with Gasteiger partial charge in [-0.15, -0.1) is 0 Å². The molecule has 7 nitrogen and oxygen atoms in total. The van der Waals surface area contributed by atoms with Crippen molar-refractivity contribution in [3.8, 4) is 17.2 Å². The number of hydrogen-bond acceptors (Lipinski definition) is 5. The second kappa shape index (κ2) is 10.2. The minimum absolute atomic E-state index is 0.252. The molecule has 2 N–H and O–H groups in total. The van der Waals surface area contributed by atoms with E-state index < -0.39 is 12.6 Å². The van der Waals surface area contributed by atoms with Crippen LogP contribution in [0.5, 0.6) is 17.2 Å². The second-order valence-electron chi connectivity index (χ2n) is 6.10. The quantitative estimate of drug-likeness (QED) is 0.651. The Bertz CT molecular complexity index is 834. The first-order valence-electron chi connectivity index (χ1n) is 8.97. The van der Waals surface area contributed by atoms with E-state index in [0.717, 1.165) is 16.9 Å². The van der Waals surface area contributed by atoms with E-state index in [1.165, 1.54) is 6.07 Å². The maximum atomic E-state index is 12.5. The SMILES string of the molecule is CCOc1cc(C(=O)NCCc2cc(C)ccc2OC)ccc1OCC(=O)O. The lowest BCUT2D eigenvalue weighted by Gasteiger charge is -2.13. The number of aliphatic carboxylic acids is 1. The van der Waals surface area contributed by atoms with Crippen molar-refractivity contribution >= 4 is 11.9 Å². The number of carbonyl (C=O) groups is 2. The van der Waals surface area contributed by atoms with E-state index in [1.54, 1.807) is 26.2 Å². The minimum atomic E-state index is -1.09. The molecule has 0 unspecified atom stereocenters. The van der Waals surface area contributed by atoms with Gasteiger partial charge in [-0.3, -0.25) is 4.79 Å². The molecule has 0 aromatic heterocycles. The zero-order chi connectivity index (χ0) is 20.5. The van der Waals surface area contributed by atoms with Crippen molar-refractivity contribution in [3.05, 3.63) is 53.1 Å². The first kappa shape index (κ1) is 21.1. The number of aryl methyl sites for hydroxylation is 1. The van der Waals surface area contributed by atoms with E-state index in [-0.39, 0.29) is 11.7 Å². The predicted octanol–water partition coefficient (Wildman–Crippen LogP) is 2.84. The van der Waals surface area contributed by atoms with Gasteiger partial charge < -0.3 is 24.6 Å². The number of hydrogen-bond donors (Lipinski definition) is 2. The maximum absolute atomic E-state index is 12.5. The molecule has 0 saturated heterocycles. The lowest BCUT2D eigenvalue weighted by Crippen LogP contribution is -2.26. The van der Waals surface area contributed by atoms with E-state index >= 15 is 0 Å². The van der Waals surface area contributed by atoms with Crippen LogP contribution in [0.15, 0.2) is 36.4 Å². The molecule has 1 amide bonds. The summed E-state index contributed by atoms with van der Waals surface area (Å²) < 4.78 is 16.0. The van der Waals surface area contributed by atoms with Gasteiger partial charge in [-0.1, -0.05) is 17.7 Å². The Morgan fingerprint density at radius 3 is 2.46 bits per heavy atom. The number of nitrogens with one attached hydrogen (secondary N) is 1. The molecule has 0 aliphatic rings. The third-order valence-electron chi connectivity index (χ3n) is 3.97. The van der Waals surface area contributed by atoms with Crippen molar-refractivity contribution in [2.45, 2.75) is 20.3 Å². The van der Waals surface area contributed by atoms with Crippen molar-refractivity contribution < 1.29 is 28.9 Å². The van der Waals surface area contributed by atoms with Crippen LogP contribution in [0.25, 0.3) is 0 Å². The van der Waals surface area contributed by atoms with Gasteiger partial charge in [0.25, 0.3) is 5.91 Å². The molecule has 0 radical (unpaired) electrons. The Balaban J connectivity index is 2.02. The van der Waals surface area contributed by atoms with Gasteiger partial charge in [0.1, 0.15) is 5.75 Å². The lowest BCUT2D eigenvalue weighted by molar-refractivity contribution is -0.139. The Hall–Kier alpha value is -3.22. The van der Waals surface area contributed by atoms with Crippen molar-refractivity contribution in [1.82, 2.24) is 5.32 Å². The molecule has 0 aliphatic carbocycles. The number of rotatable bonds is 10. The summed E-state index contributed by atoms with van der Waals surface area (Å²) in [6.45, 7) is 4.12. The molecule has 0 saturated carbocycles. The van der Waals surface area contributed by atoms with Crippen LogP contribution in [0.4, 0.5) is 0 Å². The Labute approximate surface area is 164 Å². The molecule has 0 fully saturated rings. The fourth-order valence-corrected chi connectivity index (χ4v) is 2.69. The average molecular weight is 387 g/mol. The number of ether oxygens (including phenoxy) is 3. The van der Waals surface area contributed by atoms with Crippen LogP contribution in [0, 0.1) is 6.92 Å². The number of carbonyl (C=O) groups excluding carboxylic acids is 1. The maximum Gasteiger partial charge on any atom is 0.341 e. The highest BCUT2D eigenvalue weighted by Gasteiger charge is 2.13. The first-order valence-corrected chi connectivity index (χ1v) is 8.97. The van der Waals surface area contributed by atoms with Crippen molar-refractivity contribution in [2.24, 2.45) is 0 Å². The number of amides is 1. The standard InChI is InChI=1S/C21H25NO6/c1-4-27-19-12-16(6-8-18(19)28-13-20(23)24)21(25)22-10-9-15-11-14(2)5-7-17(15)26-3/h5-8,11-12H,4,9-10,13H2,1-3H3,(H,22,25)(H,23,24). The average Bonchev–Trinajstić information content (AvgIpc) is 2.67. The molecule has 0 heterocycles. The molecule has 0 bridgehead atoms. The summed E-state index contributed by atoms with van der Waals surface area (Å²) in [4.78, 5) is 23.1. The molecule has 0 aliphatic heterocycles. The van der Waals surface area contributed by atoms with Crippen LogP contribution < -0.4 is 19.5 Å². The van der Waals surface area contributed by atoms with Gasteiger partial charge in [0, 0.05) is 12.1 Å². The van der Waals surface area contributed by atoms with Crippen LogP contribution in [0.2, 0.25) is 0 Å². The molecule has 28 heavy (non-hydrogen) atoms. The number of benzene rings is 2. The molecular weight excluding hydrogens is 362 g/mol.